The van der Waals surface area contributed by atoms with E-state index >= 15 is 0 Å². The molecule has 27 heteroatoms. The molecule has 0 aliphatic carbocycles. The number of aromatic amines is 2. The molecule has 0 aliphatic heterocycles. The topological polar surface area (TPSA) is 99.9 Å². The molecule has 2 aromatic carbocycles. The number of hydrogen-bond acceptors (Lipinski definition) is 6. The van der Waals surface area contributed by atoms with Gasteiger partial charge in [0.2, 0.25) is 11.1 Å². The minimum absolute atomic E-state index is 0.0237. The van der Waals surface area contributed by atoms with Crippen molar-refractivity contribution in [1.29, 1.82) is 0 Å². The van der Waals surface area contributed by atoms with Crippen molar-refractivity contribution in [2.75, 3.05) is 0 Å². The standard InChI is InChI=1S/C9H5Cl2NO3S.C9H6ClNO.S17/c10-6-4-7-5(1-2-9(13)12-7)3-8(6)16(11,14)15;10-7-3-1-6-2-4-9(12)11-8(6)5-7;1-3-5-7-9-11-13-15-17-16-14-12-10-8-6-4-2/h1-4H,(H,12,13);1-5H,(H,11,12);. The molecule has 0 spiro atoms. The molecule has 2 heterocycles. The van der Waals surface area contributed by atoms with Gasteiger partial charge in [0.1, 0.15) is 4.90 Å². The number of benzene rings is 2. The maximum Gasteiger partial charge on any atom is 0.262 e. The number of pyridine rings is 2. The van der Waals surface area contributed by atoms with E-state index in [1.165, 1.54) is 48.1 Å². The zero-order valence-electron chi connectivity index (χ0n) is 20.8. The Hall–Kier alpha value is 1.42. The van der Waals surface area contributed by atoms with E-state index < -0.39 is 9.05 Å². The molecule has 0 aliphatic rings. The van der Waals surface area contributed by atoms with E-state index in [1.54, 1.807) is 134 Å². The molecule has 0 saturated carbocycles. The molecule has 0 fully saturated rings. The largest absolute Gasteiger partial charge is 0.322 e. The number of hydrogen-bond donors (Lipinski definition) is 2. The van der Waals surface area contributed by atoms with Crippen LogP contribution in [0.25, 0.3) is 21.8 Å². The summed E-state index contributed by atoms with van der Waals surface area (Å²) in [5.74, 6) is 0. The van der Waals surface area contributed by atoms with Gasteiger partial charge in [-0.3, -0.25) is 9.59 Å². The van der Waals surface area contributed by atoms with Gasteiger partial charge >= 0.3 is 0 Å². The van der Waals surface area contributed by atoms with E-state index in [2.05, 4.69) is 9.97 Å². The highest BCUT2D eigenvalue weighted by molar-refractivity contribution is 8.77. The van der Waals surface area contributed by atoms with Gasteiger partial charge in [-0.25, -0.2) is 8.42 Å². The van der Waals surface area contributed by atoms with E-state index in [9.17, 15) is 18.0 Å². The number of nitrogens with one attached hydrogen (secondary N) is 2. The Morgan fingerprint density at radius 2 is 0.956 bits per heavy atom. The van der Waals surface area contributed by atoms with Gasteiger partial charge in [0.15, 0.2) is 0 Å². The van der Waals surface area contributed by atoms with Crippen LogP contribution in [-0.4, -0.2) is 18.4 Å². The molecule has 0 unspecified atom stereocenters. The van der Waals surface area contributed by atoms with Gasteiger partial charge in [-0.2, -0.15) is 0 Å². The predicted molar refractivity (Wildman–Crippen MR) is 237 cm³/mol. The van der Waals surface area contributed by atoms with Crippen molar-refractivity contribution in [2.24, 2.45) is 0 Å². The number of H-pyrrole nitrogens is 2. The highest BCUT2D eigenvalue weighted by atomic mass is 35.7. The van der Waals surface area contributed by atoms with E-state index in [1.807, 2.05) is 6.07 Å². The summed E-state index contributed by atoms with van der Waals surface area (Å²) in [6.45, 7) is 0. The lowest BCUT2D eigenvalue weighted by atomic mass is 10.2. The molecule has 2 aromatic heterocycles. The Morgan fingerprint density at radius 3 is 1.40 bits per heavy atom. The summed E-state index contributed by atoms with van der Waals surface area (Å²) in [7, 11) is 26.7. The van der Waals surface area contributed by atoms with Crippen LogP contribution in [0.2, 0.25) is 10.0 Å². The monoisotopic (exact) mass is 999 g/mol. The zero-order valence-corrected chi connectivity index (χ0v) is 37.8. The second-order valence-electron chi connectivity index (χ2n) is 6.71. The average Bonchev–Trinajstić information content (AvgIpc) is 2.99. The number of halogens is 3. The first-order valence-corrected chi connectivity index (χ1v) is 34.8. The summed E-state index contributed by atoms with van der Waals surface area (Å²) in [6.07, 6.45) is 0. The van der Waals surface area contributed by atoms with Crippen LogP contribution in [0.4, 0.5) is 0 Å². The lowest BCUT2D eigenvalue weighted by molar-refractivity contribution is 0.610. The third kappa shape index (κ3) is 18.3. The minimum Gasteiger partial charge on any atom is -0.322 e. The lowest BCUT2D eigenvalue weighted by Crippen LogP contribution is -2.03. The van der Waals surface area contributed by atoms with Crippen LogP contribution in [0.5, 0.6) is 0 Å². The van der Waals surface area contributed by atoms with Crippen LogP contribution < -0.4 is 11.1 Å². The van der Waals surface area contributed by atoms with E-state index in [0.717, 1.165) is 10.9 Å². The van der Waals surface area contributed by atoms with Crippen molar-refractivity contribution >= 4 is 220 Å². The van der Waals surface area contributed by atoms with Crippen molar-refractivity contribution in [3.63, 3.8) is 0 Å². The van der Waals surface area contributed by atoms with Gasteiger partial charge in [0, 0.05) is 194 Å². The van der Waals surface area contributed by atoms with Crippen LogP contribution in [0, 0.1) is 0 Å². The van der Waals surface area contributed by atoms with Gasteiger partial charge < -0.3 is 9.97 Å². The molecule has 2 N–H and O–H groups in total. The van der Waals surface area contributed by atoms with E-state index in [4.69, 9.17) is 56.3 Å². The molecule has 246 valence electrons. The molecule has 6 nitrogen and oxygen atoms in total. The van der Waals surface area contributed by atoms with Gasteiger partial charge in [-0.15, -0.1) is 0 Å². The number of aromatic nitrogens is 2. The molecular weight excluding hydrogens is 992 g/mol. The fraction of sp³-hybridized carbons (Fsp3) is 0. The first-order chi connectivity index (χ1) is 21.5. The molecule has 0 amide bonds. The summed E-state index contributed by atoms with van der Waals surface area (Å²) in [4.78, 5) is 27.0. The SMILES string of the molecule is O=c1ccc2cc(S(=O)(=O)Cl)c(Cl)cc2[nH]1.O=c1ccc2ccc(Cl)cc2[nH]1.S=S=S=S=S=S=S=S=S=S=S=S=S=S=S=S=S. The van der Waals surface area contributed by atoms with Gasteiger partial charge in [0.05, 0.1) is 5.02 Å². The Kier molecular flexibility index (Phi) is 23.2. The fourth-order valence-corrected chi connectivity index (χ4v) is 40.0. The molecule has 0 atom stereocenters. The molecule has 4 rings (SSSR count). The molecule has 0 saturated heterocycles. The quantitative estimate of drug-likeness (QED) is 0.277. The van der Waals surface area contributed by atoms with Crippen LogP contribution in [0.1, 0.15) is 0 Å². The van der Waals surface area contributed by atoms with Crippen LogP contribution >= 0.6 is 33.9 Å². The lowest BCUT2D eigenvalue weighted by Gasteiger charge is -2.02. The second kappa shape index (κ2) is 24.5. The Labute approximate surface area is 323 Å². The van der Waals surface area contributed by atoms with Crippen LogP contribution in [0.15, 0.2) is 69.1 Å². The highest BCUT2D eigenvalue weighted by Gasteiger charge is 2.15. The second-order valence-corrected chi connectivity index (χ2v) is 36.6. The fourth-order valence-electron chi connectivity index (χ4n) is 2.61. The Bertz CT molecular complexity index is 2570. The summed E-state index contributed by atoms with van der Waals surface area (Å²) in [6, 6.07) is 14.1. The molecule has 45 heavy (non-hydrogen) atoms. The predicted octanol–water partition coefficient (Wildman–Crippen LogP) is 4.25. The zero-order chi connectivity index (χ0) is 33.1. The molecular formula is C18H11Cl3N2O4S18. The third-order valence-electron chi connectivity index (χ3n) is 4.12. The highest BCUT2D eigenvalue weighted by Crippen LogP contribution is 2.28. The van der Waals surface area contributed by atoms with Crippen LogP contribution in [0.3, 0.4) is 0 Å². The van der Waals surface area contributed by atoms with Gasteiger partial charge in [0.25, 0.3) is 9.05 Å². The molecule has 0 bridgehead atoms. The summed E-state index contributed by atoms with van der Waals surface area (Å²) in [5, 5.41) is 2.14. The van der Waals surface area contributed by atoms with Crippen molar-refractivity contribution in [3.8, 4) is 0 Å². The first-order valence-electron chi connectivity index (χ1n) is 10.4. The van der Waals surface area contributed by atoms with Crippen LogP contribution in [-0.2, 0) is 165 Å². The van der Waals surface area contributed by atoms with Gasteiger partial charge in [-0.1, -0.05) is 29.3 Å². The first kappa shape index (κ1) is 42.6. The van der Waals surface area contributed by atoms with Crippen molar-refractivity contribution in [1.82, 2.24) is 9.97 Å². The summed E-state index contributed by atoms with van der Waals surface area (Å²) < 4.78 is 22.3. The number of rotatable bonds is 1. The normalized spacial score (nSPS) is 9.76. The molecule has 0 radical (unpaired) electrons. The third-order valence-corrected chi connectivity index (χ3v) is 37.2. The summed E-state index contributed by atoms with van der Waals surface area (Å²) in [5.41, 5.74) is 0.839. The van der Waals surface area contributed by atoms with Crippen molar-refractivity contribution < 1.29 is 8.42 Å². The minimum atomic E-state index is -3.89. The maximum absolute atomic E-state index is 11.2. The molecule has 4 aromatic rings. The Balaban J connectivity index is 0.000000238. The number of fused-ring (bicyclic) bond motifs is 2. The Morgan fingerprint density at radius 1 is 0.556 bits per heavy atom. The summed E-state index contributed by atoms with van der Waals surface area (Å²) >= 11 is 21.0. The van der Waals surface area contributed by atoms with Crippen molar-refractivity contribution in [2.45, 2.75) is 4.90 Å². The van der Waals surface area contributed by atoms with Gasteiger partial charge in [-0.05, 0) is 47.2 Å². The van der Waals surface area contributed by atoms with E-state index in [0.29, 0.717) is 15.9 Å². The smallest absolute Gasteiger partial charge is 0.262 e. The van der Waals surface area contributed by atoms with E-state index in [-0.39, 0.29) is 21.0 Å². The van der Waals surface area contributed by atoms with Crippen molar-refractivity contribution in [3.05, 3.63) is 85.4 Å². The maximum atomic E-state index is 11.2. The average molecular weight is 1000 g/mol.